The summed E-state index contributed by atoms with van der Waals surface area (Å²) in [7, 11) is 0. The fraction of sp³-hybridized carbons (Fsp3) is 0.533. The average Bonchev–Trinajstić information content (AvgIpc) is 2.38. The summed E-state index contributed by atoms with van der Waals surface area (Å²) in [5.41, 5.74) is 7.75. The van der Waals surface area contributed by atoms with E-state index in [0.717, 1.165) is 13.0 Å². The van der Waals surface area contributed by atoms with Crippen LogP contribution in [0.2, 0.25) is 0 Å². The summed E-state index contributed by atoms with van der Waals surface area (Å²) >= 11 is 0. The minimum Gasteiger partial charge on any atom is -0.481 e. The number of hydrogen-bond donors (Lipinski definition) is 2. The molecule has 4 nitrogen and oxygen atoms in total. The summed E-state index contributed by atoms with van der Waals surface area (Å²) in [5.74, 6) is -0.762. The Morgan fingerprint density at radius 1 is 1.47 bits per heavy atom. The number of fused-ring (bicyclic) bond motifs is 1. The van der Waals surface area contributed by atoms with Gasteiger partial charge in [-0.3, -0.25) is 9.69 Å². The molecule has 0 bridgehead atoms. The summed E-state index contributed by atoms with van der Waals surface area (Å²) in [6, 6.07) is 8.43. The molecule has 1 aromatic carbocycles. The van der Waals surface area contributed by atoms with E-state index in [1.165, 1.54) is 11.1 Å². The molecule has 0 saturated carbocycles. The second kappa shape index (κ2) is 5.31. The zero-order valence-electron chi connectivity index (χ0n) is 11.6. The third-order valence-corrected chi connectivity index (χ3v) is 3.92. The van der Waals surface area contributed by atoms with Gasteiger partial charge >= 0.3 is 5.97 Å². The molecule has 2 rings (SSSR count). The van der Waals surface area contributed by atoms with Crippen LogP contribution in [0.3, 0.4) is 0 Å². The summed E-state index contributed by atoms with van der Waals surface area (Å²) in [6.07, 6.45) is 0.961. The molecule has 1 aromatic rings. The first-order chi connectivity index (χ1) is 8.95. The average molecular weight is 262 g/mol. The Hall–Kier alpha value is -1.39. The Morgan fingerprint density at radius 3 is 2.79 bits per heavy atom. The Bertz CT molecular complexity index is 471. The van der Waals surface area contributed by atoms with Crippen molar-refractivity contribution in [2.45, 2.75) is 26.3 Å². The molecule has 1 atom stereocenters. The molecule has 104 valence electrons. The quantitative estimate of drug-likeness (QED) is 0.866. The second-order valence-electron chi connectivity index (χ2n) is 5.86. The molecule has 0 aliphatic carbocycles. The number of hydrogen-bond acceptors (Lipinski definition) is 3. The molecular weight excluding hydrogens is 240 g/mol. The maximum Gasteiger partial charge on any atom is 0.310 e. The van der Waals surface area contributed by atoms with Gasteiger partial charge in [-0.15, -0.1) is 0 Å². The molecule has 0 amide bonds. The number of benzene rings is 1. The van der Waals surface area contributed by atoms with Crippen LogP contribution in [0.1, 0.15) is 31.0 Å². The van der Waals surface area contributed by atoms with E-state index >= 15 is 0 Å². The lowest BCUT2D eigenvalue weighted by atomic mass is 9.88. The summed E-state index contributed by atoms with van der Waals surface area (Å²) in [5, 5.41) is 9.27. The standard InChI is InChI=1S/C15H22N2O2/c1-15(2,14(18)19)10-17-8-7-11-5-3-4-6-12(11)13(17)9-16/h3-6,13H,7-10,16H2,1-2H3,(H,18,19). The van der Waals surface area contributed by atoms with E-state index in [-0.39, 0.29) is 6.04 Å². The van der Waals surface area contributed by atoms with Crippen LogP contribution in [0.15, 0.2) is 24.3 Å². The first-order valence-corrected chi connectivity index (χ1v) is 6.71. The highest BCUT2D eigenvalue weighted by atomic mass is 16.4. The lowest BCUT2D eigenvalue weighted by Crippen LogP contribution is -2.46. The van der Waals surface area contributed by atoms with Crippen molar-refractivity contribution in [3.63, 3.8) is 0 Å². The SMILES string of the molecule is CC(C)(CN1CCc2ccccc2C1CN)C(=O)O. The number of carboxylic acids is 1. The summed E-state index contributed by atoms with van der Waals surface area (Å²) < 4.78 is 0. The number of carbonyl (C=O) groups is 1. The van der Waals surface area contributed by atoms with Crippen molar-refractivity contribution in [2.24, 2.45) is 11.1 Å². The third-order valence-electron chi connectivity index (χ3n) is 3.92. The lowest BCUT2D eigenvalue weighted by molar-refractivity contribution is -0.148. The van der Waals surface area contributed by atoms with Crippen molar-refractivity contribution in [1.82, 2.24) is 4.90 Å². The van der Waals surface area contributed by atoms with Crippen LogP contribution in [0.25, 0.3) is 0 Å². The highest BCUT2D eigenvalue weighted by molar-refractivity contribution is 5.73. The van der Waals surface area contributed by atoms with E-state index in [4.69, 9.17) is 5.73 Å². The van der Waals surface area contributed by atoms with Crippen LogP contribution in [-0.4, -0.2) is 35.6 Å². The smallest absolute Gasteiger partial charge is 0.310 e. The number of nitrogens with two attached hydrogens (primary N) is 1. The van der Waals surface area contributed by atoms with Gasteiger partial charge in [0.25, 0.3) is 0 Å². The molecule has 4 heteroatoms. The predicted molar refractivity (Wildman–Crippen MR) is 74.9 cm³/mol. The van der Waals surface area contributed by atoms with Gasteiger partial charge in [0.1, 0.15) is 0 Å². The van der Waals surface area contributed by atoms with Crippen LogP contribution in [0.5, 0.6) is 0 Å². The molecule has 0 spiro atoms. The normalized spacial score (nSPS) is 20.1. The van der Waals surface area contributed by atoms with Crippen molar-refractivity contribution < 1.29 is 9.90 Å². The topological polar surface area (TPSA) is 66.6 Å². The van der Waals surface area contributed by atoms with Gasteiger partial charge < -0.3 is 10.8 Å². The van der Waals surface area contributed by atoms with E-state index < -0.39 is 11.4 Å². The van der Waals surface area contributed by atoms with E-state index in [2.05, 4.69) is 17.0 Å². The fourth-order valence-corrected chi connectivity index (χ4v) is 2.74. The van der Waals surface area contributed by atoms with E-state index in [1.54, 1.807) is 13.8 Å². The van der Waals surface area contributed by atoms with E-state index in [9.17, 15) is 9.90 Å². The minimum atomic E-state index is -0.762. The molecule has 1 heterocycles. The van der Waals surface area contributed by atoms with Crippen LogP contribution in [0, 0.1) is 5.41 Å². The van der Waals surface area contributed by atoms with E-state index in [1.807, 2.05) is 12.1 Å². The maximum atomic E-state index is 11.3. The molecule has 19 heavy (non-hydrogen) atoms. The highest BCUT2D eigenvalue weighted by Crippen LogP contribution is 2.31. The van der Waals surface area contributed by atoms with Crippen molar-refractivity contribution >= 4 is 5.97 Å². The molecule has 0 radical (unpaired) electrons. The zero-order chi connectivity index (χ0) is 14.0. The largest absolute Gasteiger partial charge is 0.481 e. The Balaban J connectivity index is 2.23. The molecule has 1 aliphatic rings. The molecule has 3 N–H and O–H groups in total. The number of aliphatic carboxylic acids is 1. The van der Waals surface area contributed by atoms with Crippen molar-refractivity contribution in [3.8, 4) is 0 Å². The van der Waals surface area contributed by atoms with Gasteiger partial charge in [-0.05, 0) is 31.4 Å². The van der Waals surface area contributed by atoms with Gasteiger partial charge in [0, 0.05) is 25.7 Å². The second-order valence-corrected chi connectivity index (χ2v) is 5.86. The molecule has 0 fully saturated rings. The predicted octanol–water partition coefficient (Wildman–Crippen LogP) is 1.66. The Labute approximate surface area is 114 Å². The first kappa shape index (κ1) is 14.0. The van der Waals surface area contributed by atoms with Crippen molar-refractivity contribution in [1.29, 1.82) is 0 Å². The maximum absolute atomic E-state index is 11.3. The van der Waals surface area contributed by atoms with Gasteiger partial charge in [-0.1, -0.05) is 24.3 Å². The van der Waals surface area contributed by atoms with Crippen molar-refractivity contribution in [2.75, 3.05) is 19.6 Å². The highest BCUT2D eigenvalue weighted by Gasteiger charge is 2.34. The Kier molecular flexibility index (Phi) is 3.92. The van der Waals surface area contributed by atoms with Gasteiger partial charge in [-0.25, -0.2) is 0 Å². The van der Waals surface area contributed by atoms with Gasteiger partial charge in [0.2, 0.25) is 0 Å². The number of nitrogens with zero attached hydrogens (tertiary/aromatic N) is 1. The fourth-order valence-electron chi connectivity index (χ4n) is 2.74. The molecule has 1 unspecified atom stereocenters. The minimum absolute atomic E-state index is 0.128. The molecule has 0 saturated heterocycles. The molecule has 0 aromatic heterocycles. The molecular formula is C15H22N2O2. The summed E-state index contributed by atoms with van der Waals surface area (Å²) in [6.45, 7) is 5.45. The number of rotatable bonds is 4. The van der Waals surface area contributed by atoms with Crippen LogP contribution in [-0.2, 0) is 11.2 Å². The Morgan fingerprint density at radius 2 is 2.16 bits per heavy atom. The number of carboxylic acid groups (broad SMARTS) is 1. The van der Waals surface area contributed by atoms with Gasteiger partial charge in [0.05, 0.1) is 5.41 Å². The molecule has 1 aliphatic heterocycles. The first-order valence-electron chi connectivity index (χ1n) is 6.71. The lowest BCUT2D eigenvalue weighted by Gasteiger charge is -2.39. The third kappa shape index (κ3) is 2.80. The monoisotopic (exact) mass is 262 g/mol. The van der Waals surface area contributed by atoms with Gasteiger partial charge in [0.15, 0.2) is 0 Å². The van der Waals surface area contributed by atoms with Gasteiger partial charge in [-0.2, -0.15) is 0 Å². The zero-order valence-corrected chi connectivity index (χ0v) is 11.6. The van der Waals surface area contributed by atoms with Crippen LogP contribution < -0.4 is 5.73 Å². The summed E-state index contributed by atoms with van der Waals surface area (Å²) in [4.78, 5) is 13.5. The van der Waals surface area contributed by atoms with Crippen molar-refractivity contribution in [3.05, 3.63) is 35.4 Å². The van der Waals surface area contributed by atoms with Crippen LogP contribution >= 0.6 is 0 Å². The van der Waals surface area contributed by atoms with Crippen LogP contribution in [0.4, 0.5) is 0 Å². The van der Waals surface area contributed by atoms with E-state index in [0.29, 0.717) is 13.1 Å².